The van der Waals surface area contributed by atoms with Gasteiger partial charge in [0.05, 0.1) is 5.02 Å². The van der Waals surface area contributed by atoms with Crippen LogP contribution in [0.25, 0.3) is 0 Å². The van der Waals surface area contributed by atoms with E-state index in [2.05, 4.69) is 22.2 Å². The summed E-state index contributed by atoms with van der Waals surface area (Å²) < 4.78 is 0. The van der Waals surface area contributed by atoms with Gasteiger partial charge in [-0.25, -0.2) is 0 Å². The number of hydrogen-bond acceptors (Lipinski definition) is 3. The van der Waals surface area contributed by atoms with Crippen LogP contribution in [0.1, 0.15) is 23.8 Å². The van der Waals surface area contributed by atoms with Crippen LogP contribution in [0.2, 0.25) is 5.02 Å². The third-order valence-electron chi connectivity index (χ3n) is 3.18. The minimum atomic E-state index is 0. The Morgan fingerprint density at radius 3 is 2.63 bits per heavy atom. The Balaban J connectivity index is 0.00000162. The van der Waals surface area contributed by atoms with Crippen LogP contribution in [0, 0.1) is 0 Å². The molecule has 0 bridgehead atoms. The van der Waals surface area contributed by atoms with Crippen LogP contribution < -0.4 is 5.32 Å². The molecule has 110 valence electrons. The van der Waals surface area contributed by atoms with E-state index in [1.807, 2.05) is 12.1 Å². The number of nitrogens with one attached hydrogen (secondary N) is 1. The van der Waals surface area contributed by atoms with Crippen molar-refractivity contribution in [3.63, 3.8) is 0 Å². The van der Waals surface area contributed by atoms with Crippen LogP contribution in [-0.2, 0) is 0 Å². The van der Waals surface area contributed by atoms with Crippen molar-refractivity contribution in [2.24, 2.45) is 0 Å². The Kier molecular flexibility index (Phi) is 10.2. The van der Waals surface area contributed by atoms with Gasteiger partial charge in [0.2, 0.25) is 0 Å². The summed E-state index contributed by atoms with van der Waals surface area (Å²) in [6, 6.07) is 2.47. The second kappa shape index (κ2) is 10.0. The molecule has 1 aromatic rings. The summed E-state index contributed by atoms with van der Waals surface area (Å²) >= 11 is 8.05. The minimum absolute atomic E-state index is 0. The maximum absolute atomic E-state index is 6.27. The first-order valence-corrected chi connectivity index (χ1v) is 7.37. The third-order valence-corrected chi connectivity index (χ3v) is 4.64. The summed E-state index contributed by atoms with van der Waals surface area (Å²) in [4.78, 5) is 3.85. The molecule has 1 aliphatic heterocycles. The van der Waals surface area contributed by atoms with E-state index in [9.17, 15) is 0 Å². The van der Waals surface area contributed by atoms with Gasteiger partial charge in [0.1, 0.15) is 0 Å². The summed E-state index contributed by atoms with van der Waals surface area (Å²) in [5, 5.41) is 6.40. The average molecular weight is 344 g/mol. The fraction of sp³-hybridized carbons (Fsp3) is 0.538. The van der Waals surface area contributed by atoms with Crippen LogP contribution >= 0.6 is 47.8 Å². The van der Waals surface area contributed by atoms with Crippen molar-refractivity contribution in [1.82, 2.24) is 10.2 Å². The lowest BCUT2D eigenvalue weighted by Gasteiger charge is -2.34. The zero-order valence-corrected chi connectivity index (χ0v) is 14.0. The van der Waals surface area contributed by atoms with Gasteiger partial charge in [0.25, 0.3) is 0 Å². The molecule has 6 heteroatoms. The van der Waals surface area contributed by atoms with Gasteiger partial charge in [-0.05, 0) is 24.3 Å². The number of piperazine rings is 1. The Bertz CT molecular complexity index is 365. The summed E-state index contributed by atoms with van der Waals surface area (Å²) in [6.45, 7) is 8.19. The van der Waals surface area contributed by atoms with Crippen molar-refractivity contribution < 1.29 is 0 Å². The second-order valence-corrected chi connectivity index (χ2v) is 5.66. The highest BCUT2D eigenvalue weighted by Crippen LogP contribution is 2.35. The molecule has 1 saturated heterocycles. The molecule has 0 unspecified atom stereocenters. The van der Waals surface area contributed by atoms with E-state index in [1.54, 1.807) is 11.3 Å². The van der Waals surface area contributed by atoms with Gasteiger partial charge in [-0.15, -0.1) is 42.7 Å². The van der Waals surface area contributed by atoms with E-state index in [0.717, 1.165) is 44.0 Å². The topological polar surface area (TPSA) is 15.3 Å². The fourth-order valence-electron chi connectivity index (χ4n) is 2.29. The van der Waals surface area contributed by atoms with E-state index in [0.29, 0.717) is 6.04 Å². The van der Waals surface area contributed by atoms with Crippen molar-refractivity contribution in [3.8, 4) is 0 Å². The van der Waals surface area contributed by atoms with E-state index in [1.165, 1.54) is 4.88 Å². The molecular formula is C13H21Cl3N2S. The largest absolute Gasteiger partial charge is 0.314 e. The molecule has 0 saturated carbocycles. The number of nitrogens with zero attached hydrogens (tertiary/aromatic N) is 1. The Labute approximate surface area is 137 Å². The highest BCUT2D eigenvalue weighted by atomic mass is 35.5. The molecule has 1 aromatic heterocycles. The molecule has 2 heterocycles. The summed E-state index contributed by atoms with van der Waals surface area (Å²) in [5.74, 6) is 0. The monoisotopic (exact) mass is 342 g/mol. The van der Waals surface area contributed by atoms with Gasteiger partial charge in [0, 0.05) is 37.1 Å². The lowest BCUT2D eigenvalue weighted by molar-refractivity contribution is 0.168. The van der Waals surface area contributed by atoms with Crippen LogP contribution in [0.15, 0.2) is 24.1 Å². The first-order valence-electron chi connectivity index (χ1n) is 6.11. The molecule has 0 aromatic carbocycles. The number of rotatable bonds is 5. The smallest absolute Gasteiger partial charge is 0.0561 e. The lowest BCUT2D eigenvalue weighted by Crippen LogP contribution is -2.45. The second-order valence-electron chi connectivity index (χ2n) is 4.30. The molecule has 19 heavy (non-hydrogen) atoms. The first-order chi connectivity index (χ1) is 8.33. The maximum Gasteiger partial charge on any atom is 0.0561 e. The maximum atomic E-state index is 6.27. The van der Waals surface area contributed by atoms with Crippen LogP contribution in [-0.4, -0.2) is 31.1 Å². The van der Waals surface area contributed by atoms with Gasteiger partial charge < -0.3 is 5.32 Å². The molecule has 1 fully saturated rings. The molecule has 0 spiro atoms. The van der Waals surface area contributed by atoms with Gasteiger partial charge in [-0.1, -0.05) is 17.7 Å². The fourth-order valence-corrected chi connectivity index (χ4v) is 3.64. The zero-order chi connectivity index (χ0) is 12.1. The molecule has 2 nitrogen and oxygen atoms in total. The van der Waals surface area contributed by atoms with E-state index < -0.39 is 0 Å². The molecule has 1 atom stereocenters. The van der Waals surface area contributed by atoms with Crippen molar-refractivity contribution >= 4 is 47.8 Å². The number of halogens is 3. The van der Waals surface area contributed by atoms with Crippen molar-refractivity contribution in [2.75, 3.05) is 26.2 Å². The Morgan fingerprint density at radius 1 is 1.42 bits per heavy atom. The predicted molar refractivity (Wildman–Crippen MR) is 90.4 cm³/mol. The summed E-state index contributed by atoms with van der Waals surface area (Å²) in [6.07, 6.45) is 4.16. The SMILES string of the molecule is C=CCC[C@@H](c1sccc1Cl)N1CCNCC1.Cl.Cl. The summed E-state index contributed by atoms with van der Waals surface area (Å²) in [7, 11) is 0. The highest BCUT2D eigenvalue weighted by Gasteiger charge is 2.24. The van der Waals surface area contributed by atoms with Crippen molar-refractivity contribution in [1.29, 1.82) is 0 Å². The standard InChI is InChI=1S/C13H19ClN2S.2ClH/c1-2-3-4-12(13-11(14)5-10-17-13)16-8-6-15-7-9-16;;/h2,5,10,12,15H,1,3-4,6-9H2;2*1H/t12-;;/m0../s1. The van der Waals surface area contributed by atoms with E-state index in [-0.39, 0.29) is 24.8 Å². The average Bonchev–Trinajstić information content (AvgIpc) is 2.78. The number of hydrogen-bond donors (Lipinski definition) is 1. The zero-order valence-electron chi connectivity index (χ0n) is 10.8. The highest BCUT2D eigenvalue weighted by molar-refractivity contribution is 7.10. The molecule has 0 aliphatic carbocycles. The normalized spacial score (nSPS) is 17.1. The Hall–Kier alpha value is 0.230. The third kappa shape index (κ3) is 5.25. The lowest BCUT2D eigenvalue weighted by atomic mass is 10.1. The summed E-state index contributed by atoms with van der Waals surface area (Å²) in [5.41, 5.74) is 0. The predicted octanol–water partition coefficient (Wildman–Crippen LogP) is 4.16. The van der Waals surface area contributed by atoms with Crippen molar-refractivity contribution in [3.05, 3.63) is 34.0 Å². The molecule has 0 radical (unpaired) electrons. The molecule has 1 N–H and O–H groups in total. The van der Waals surface area contributed by atoms with E-state index in [4.69, 9.17) is 11.6 Å². The van der Waals surface area contributed by atoms with Crippen LogP contribution in [0.5, 0.6) is 0 Å². The van der Waals surface area contributed by atoms with Gasteiger partial charge >= 0.3 is 0 Å². The quantitative estimate of drug-likeness (QED) is 0.808. The number of thiophene rings is 1. The van der Waals surface area contributed by atoms with Gasteiger partial charge in [-0.2, -0.15) is 0 Å². The van der Waals surface area contributed by atoms with Crippen LogP contribution in [0.4, 0.5) is 0 Å². The van der Waals surface area contributed by atoms with Crippen LogP contribution in [0.3, 0.4) is 0 Å². The molecule has 1 aliphatic rings. The van der Waals surface area contributed by atoms with Crippen molar-refractivity contribution in [2.45, 2.75) is 18.9 Å². The number of allylic oxidation sites excluding steroid dienone is 1. The Morgan fingerprint density at radius 2 is 2.11 bits per heavy atom. The van der Waals surface area contributed by atoms with E-state index >= 15 is 0 Å². The molecular weight excluding hydrogens is 323 g/mol. The van der Waals surface area contributed by atoms with Gasteiger partial charge in [0.15, 0.2) is 0 Å². The first kappa shape index (κ1) is 19.2. The van der Waals surface area contributed by atoms with Gasteiger partial charge in [-0.3, -0.25) is 4.90 Å². The minimum Gasteiger partial charge on any atom is -0.314 e. The molecule has 0 amide bonds. The molecule has 2 rings (SSSR count).